The molecule has 2 N–H and O–H groups in total. The molecule has 1 heterocycles. The summed E-state index contributed by atoms with van der Waals surface area (Å²) >= 11 is 1.38. The number of sulfonamides is 1. The largest absolute Gasteiger partial charge is 0.496 e. The van der Waals surface area contributed by atoms with Crippen LogP contribution in [0.4, 0.5) is 0 Å². The average molecular weight is 355 g/mol. The second-order valence-electron chi connectivity index (χ2n) is 5.67. The van der Waals surface area contributed by atoms with Crippen molar-refractivity contribution in [3.63, 3.8) is 0 Å². The van der Waals surface area contributed by atoms with Crippen molar-refractivity contribution in [3.8, 4) is 5.75 Å². The molecule has 0 aliphatic heterocycles. The van der Waals surface area contributed by atoms with Crippen LogP contribution in [-0.2, 0) is 15.6 Å². The van der Waals surface area contributed by atoms with E-state index < -0.39 is 15.6 Å². The molecular weight excluding hydrogens is 334 g/mol. The van der Waals surface area contributed by atoms with Crippen LogP contribution in [0.3, 0.4) is 0 Å². The van der Waals surface area contributed by atoms with Gasteiger partial charge < -0.3 is 9.84 Å². The number of benzene rings is 1. The van der Waals surface area contributed by atoms with Crippen LogP contribution >= 0.6 is 11.3 Å². The normalized spacial score (nSPS) is 14.5. The summed E-state index contributed by atoms with van der Waals surface area (Å²) in [6.45, 7) is 5.09. The molecule has 5 nitrogen and oxygen atoms in total. The van der Waals surface area contributed by atoms with Gasteiger partial charge in [-0.3, -0.25) is 0 Å². The summed E-state index contributed by atoms with van der Waals surface area (Å²) in [5.74, 6) is 0.675. The van der Waals surface area contributed by atoms with E-state index in [0.717, 1.165) is 11.1 Å². The summed E-state index contributed by atoms with van der Waals surface area (Å²) in [7, 11) is -2.16. The van der Waals surface area contributed by atoms with Crippen molar-refractivity contribution < 1.29 is 18.3 Å². The Hall–Kier alpha value is -1.41. The lowest BCUT2D eigenvalue weighted by atomic mass is 10.1. The first-order valence-corrected chi connectivity index (χ1v) is 9.45. The third-order valence-corrected chi connectivity index (χ3v) is 6.11. The molecule has 0 aliphatic carbocycles. The second-order valence-corrected chi connectivity index (χ2v) is 8.38. The highest BCUT2D eigenvalue weighted by Crippen LogP contribution is 2.28. The Morgan fingerprint density at radius 3 is 2.39 bits per heavy atom. The maximum atomic E-state index is 12.5. The number of methoxy groups -OCH3 is 1. The Balaban J connectivity index is 2.23. The smallest absolute Gasteiger partial charge is 0.240 e. The highest BCUT2D eigenvalue weighted by atomic mass is 32.2. The molecule has 1 atom stereocenters. The van der Waals surface area contributed by atoms with E-state index in [4.69, 9.17) is 4.74 Å². The van der Waals surface area contributed by atoms with E-state index in [1.807, 2.05) is 11.4 Å². The first kappa shape index (κ1) is 17.9. The minimum Gasteiger partial charge on any atom is -0.496 e. The Kier molecular flexibility index (Phi) is 5.15. The zero-order valence-electron chi connectivity index (χ0n) is 13.6. The van der Waals surface area contributed by atoms with Crippen molar-refractivity contribution in [2.75, 3.05) is 13.7 Å². The Morgan fingerprint density at radius 1 is 1.30 bits per heavy atom. The molecule has 2 rings (SSSR count). The number of ether oxygens (including phenoxy) is 1. The molecule has 0 saturated carbocycles. The van der Waals surface area contributed by atoms with Gasteiger partial charge in [-0.15, -0.1) is 11.3 Å². The van der Waals surface area contributed by atoms with Crippen LogP contribution in [0.2, 0.25) is 0 Å². The first-order valence-electron chi connectivity index (χ1n) is 7.08. The molecule has 1 aromatic carbocycles. The lowest BCUT2D eigenvalue weighted by molar-refractivity contribution is 0.0666. The SMILES string of the molecule is COc1c(C)cc(S(=O)(=O)NCC(C)(O)c2cccs2)cc1C. The lowest BCUT2D eigenvalue weighted by Crippen LogP contribution is -2.38. The van der Waals surface area contributed by atoms with Crippen LogP contribution in [0, 0.1) is 13.8 Å². The molecule has 1 unspecified atom stereocenters. The predicted molar refractivity (Wildman–Crippen MR) is 91.5 cm³/mol. The van der Waals surface area contributed by atoms with Crippen molar-refractivity contribution >= 4 is 21.4 Å². The van der Waals surface area contributed by atoms with Gasteiger partial charge in [0.25, 0.3) is 0 Å². The molecule has 1 aromatic heterocycles. The third-order valence-electron chi connectivity index (χ3n) is 3.61. The van der Waals surface area contributed by atoms with Crippen molar-refractivity contribution in [3.05, 3.63) is 45.6 Å². The molecule has 7 heteroatoms. The van der Waals surface area contributed by atoms with Crippen LogP contribution in [0.1, 0.15) is 22.9 Å². The molecule has 126 valence electrons. The van der Waals surface area contributed by atoms with Gasteiger partial charge in [-0.2, -0.15) is 0 Å². The fourth-order valence-electron chi connectivity index (χ4n) is 2.38. The molecule has 0 bridgehead atoms. The number of aryl methyl sites for hydroxylation is 2. The Labute approximate surface area is 141 Å². The molecular formula is C16H21NO4S2. The minimum absolute atomic E-state index is 0.0973. The number of thiophene rings is 1. The fraction of sp³-hybridized carbons (Fsp3) is 0.375. The summed E-state index contributed by atoms with van der Waals surface area (Å²) in [5.41, 5.74) is 0.244. The van der Waals surface area contributed by atoms with Gasteiger partial charge in [-0.05, 0) is 55.5 Å². The molecule has 0 radical (unpaired) electrons. The second kappa shape index (κ2) is 6.60. The lowest BCUT2D eigenvalue weighted by Gasteiger charge is -2.22. The van der Waals surface area contributed by atoms with E-state index in [-0.39, 0.29) is 11.4 Å². The summed E-state index contributed by atoms with van der Waals surface area (Å²) < 4.78 is 32.7. The summed E-state index contributed by atoms with van der Waals surface area (Å²) in [5, 5.41) is 12.3. The molecule has 0 amide bonds. The van der Waals surface area contributed by atoms with Crippen LogP contribution in [-0.4, -0.2) is 27.2 Å². The molecule has 0 saturated heterocycles. The van der Waals surface area contributed by atoms with E-state index in [0.29, 0.717) is 10.6 Å². The quantitative estimate of drug-likeness (QED) is 0.835. The third kappa shape index (κ3) is 3.92. The first-order chi connectivity index (χ1) is 10.7. The average Bonchev–Trinajstić information content (AvgIpc) is 3.00. The van der Waals surface area contributed by atoms with Crippen molar-refractivity contribution in [1.29, 1.82) is 0 Å². The molecule has 2 aromatic rings. The molecule has 0 aliphatic rings. The summed E-state index contributed by atoms with van der Waals surface area (Å²) in [6.07, 6.45) is 0. The van der Waals surface area contributed by atoms with Crippen LogP contribution in [0.5, 0.6) is 5.75 Å². The predicted octanol–water partition coefficient (Wildman–Crippen LogP) is 2.56. The Bertz CT molecular complexity index is 757. The number of hydrogen-bond acceptors (Lipinski definition) is 5. The van der Waals surface area contributed by atoms with Gasteiger partial charge in [0.05, 0.1) is 12.0 Å². The van der Waals surface area contributed by atoms with Gasteiger partial charge >= 0.3 is 0 Å². The van der Waals surface area contributed by atoms with Crippen molar-refractivity contribution in [1.82, 2.24) is 4.72 Å². The monoisotopic (exact) mass is 355 g/mol. The number of aliphatic hydroxyl groups is 1. The van der Waals surface area contributed by atoms with E-state index in [1.165, 1.54) is 11.3 Å². The number of nitrogens with one attached hydrogen (secondary N) is 1. The van der Waals surface area contributed by atoms with Crippen molar-refractivity contribution in [2.45, 2.75) is 31.3 Å². The topological polar surface area (TPSA) is 75.6 Å². The summed E-state index contributed by atoms with van der Waals surface area (Å²) in [4.78, 5) is 0.873. The molecule has 0 fully saturated rings. The number of rotatable bonds is 6. The van der Waals surface area contributed by atoms with Gasteiger partial charge in [0, 0.05) is 11.4 Å². The standard InChI is InChI=1S/C16H21NO4S2/c1-11-8-13(9-12(2)15(11)21-4)23(19,20)17-10-16(3,18)14-6-5-7-22-14/h5-9,17-18H,10H2,1-4H3. The van der Waals surface area contributed by atoms with Gasteiger partial charge in [-0.1, -0.05) is 6.07 Å². The van der Waals surface area contributed by atoms with E-state index in [9.17, 15) is 13.5 Å². The maximum Gasteiger partial charge on any atom is 0.240 e. The minimum atomic E-state index is -3.72. The van der Waals surface area contributed by atoms with Crippen LogP contribution < -0.4 is 9.46 Å². The highest BCUT2D eigenvalue weighted by molar-refractivity contribution is 7.89. The van der Waals surface area contributed by atoms with Gasteiger partial charge in [-0.25, -0.2) is 13.1 Å². The fourth-order valence-corrected chi connectivity index (χ4v) is 4.47. The van der Waals surface area contributed by atoms with Gasteiger partial charge in [0.15, 0.2) is 0 Å². The van der Waals surface area contributed by atoms with Gasteiger partial charge in [0.1, 0.15) is 11.4 Å². The maximum absolute atomic E-state index is 12.5. The van der Waals surface area contributed by atoms with E-state index in [2.05, 4.69) is 4.72 Å². The number of hydrogen-bond donors (Lipinski definition) is 2. The zero-order chi connectivity index (χ0) is 17.3. The van der Waals surface area contributed by atoms with E-state index >= 15 is 0 Å². The van der Waals surface area contributed by atoms with Crippen molar-refractivity contribution in [2.24, 2.45) is 0 Å². The molecule has 0 spiro atoms. The van der Waals surface area contributed by atoms with Crippen LogP contribution in [0.25, 0.3) is 0 Å². The van der Waals surface area contributed by atoms with E-state index in [1.54, 1.807) is 46.1 Å². The molecule has 23 heavy (non-hydrogen) atoms. The van der Waals surface area contributed by atoms with Crippen LogP contribution in [0.15, 0.2) is 34.5 Å². The van der Waals surface area contributed by atoms with Gasteiger partial charge in [0.2, 0.25) is 10.0 Å². The zero-order valence-corrected chi connectivity index (χ0v) is 15.2. The highest BCUT2D eigenvalue weighted by Gasteiger charge is 2.27. The summed E-state index contributed by atoms with van der Waals surface area (Å²) in [6, 6.07) is 6.72. The Morgan fingerprint density at radius 2 is 1.91 bits per heavy atom.